The molecule has 16 nitrogen and oxygen atoms in total. The molecule has 2 aliphatic carbocycles. The van der Waals surface area contributed by atoms with Crippen LogP contribution in [0.25, 0.3) is 22.0 Å². The van der Waals surface area contributed by atoms with Crippen LogP contribution in [0.2, 0.25) is 0 Å². The molecule has 4 aliphatic rings. The predicted octanol–water partition coefficient (Wildman–Crippen LogP) is 5.58. The van der Waals surface area contributed by atoms with E-state index in [1.807, 2.05) is 64.1 Å². The number of nitrogens with zero attached hydrogens (tertiary/aromatic N) is 2. The fourth-order valence-electron chi connectivity index (χ4n) is 8.71. The first-order chi connectivity index (χ1) is 29.4. The molecule has 7 atom stereocenters. The molecule has 0 spiro atoms. The Hall–Kier alpha value is -5.58. The monoisotopic (exact) mass is 875 g/mol. The van der Waals surface area contributed by atoms with E-state index in [0.717, 1.165) is 0 Å². The van der Waals surface area contributed by atoms with E-state index < -0.39 is 74.1 Å². The first-order valence-electron chi connectivity index (χ1n) is 21.2. The molecule has 2 aliphatic heterocycles. The van der Waals surface area contributed by atoms with Crippen LogP contribution < -0.4 is 34.3 Å². The summed E-state index contributed by atoms with van der Waals surface area (Å²) in [6.07, 6.45) is 4.29. The Labute approximate surface area is 362 Å². The van der Waals surface area contributed by atoms with Crippen LogP contribution in [0.15, 0.2) is 54.6 Å². The minimum Gasteiger partial charge on any atom is -0.497 e. The number of hydrogen-bond donors (Lipinski definition) is 4. The van der Waals surface area contributed by atoms with Crippen molar-refractivity contribution in [2.45, 2.75) is 114 Å². The maximum atomic E-state index is 14.7. The average Bonchev–Trinajstić information content (AvgIpc) is 4.10. The fraction of sp³-hybridized carbons (Fsp3) is 0.533. The lowest BCUT2D eigenvalue weighted by atomic mass is 9.88. The number of amides is 4. The molecular weight excluding hydrogens is 819 g/mol. The number of benzene rings is 2. The maximum Gasteiger partial charge on any atom is 0.405 e. The van der Waals surface area contributed by atoms with Gasteiger partial charge < -0.3 is 39.6 Å². The number of methoxy groups -OCH3 is 2. The van der Waals surface area contributed by atoms with Gasteiger partial charge in [-0.05, 0) is 114 Å². The van der Waals surface area contributed by atoms with Crippen LogP contribution in [0, 0.1) is 17.8 Å². The number of sulfonamides is 1. The Morgan fingerprint density at radius 3 is 2.35 bits per heavy atom. The van der Waals surface area contributed by atoms with Crippen LogP contribution >= 0.6 is 0 Å². The van der Waals surface area contributed by atoms with Gasteiger partial charge >= 0.3 is 6.09 Å². The summed E-state index contributed by atoms with van der Waals surface area (Å²) >= 11 is 0. The van der Waals surface area contributed by atoms with Crippen molar-refractivity contribution in [3.05, 3.63) is 54.6 Å². The zero-order valence-electron chi connectivity index (χ0n) is 36.2. The molecule has 0 unspecified atom stereocenters. The molecule has 1 aromatic heterocycles. The summed E-state index contributed by atoms with van der Waals surface area (Å²) in [6, 6.07) is 10.3. The van der Waals surface area contributed by atoms with Gasteiger partial charge in [0.2, 0.25) is 27.7 Å². The molecule has 3 aromatic rings. The fourth-order valence-corrected chi connectivity index (χ4v) is 10.0. The van der Waals surface area contributed by atoms with Gasteiger partial charge in [-0.3, -0.25) is 19.1 Å². The number of nitrogens with one attached hydrogen (secondary N) is 3. The van der Waals surface area contributed by atoms with Crippen LogP contribution in [0.4, 0.5) is 4.79 Å². The van der Waals surface area contributed by atoms with E-state index in [0.29, 0.717) is 71.4 Å². The SMILES string of the molecule is COc1ccc2c(O[C@@H]3C[C@H]4C(=O)N[C@]5(C(=O)NS(=O)(=O)C6(C)CC6)C[C@H]5/C=C\CC[C@H](C)C[C@@H](C)[C@H](NC(=O)O)C(=O)N4C3)nc(-c3ccc(OC(C)C)cc3)c(OC)c2c1. The second-order valence-electron chi connectivity index (χ2n) is 17.8. The van der Waals surface area contributed by atoms with Gasteiger partial charge in [0.1, 0.15) is 40.9 Å². The molecule has 4 N–H and O–H groups in total. The van der Waals surface area contributed by atoms with Crippen LogP contribution in [0.5, 0.6) is 23.1 Å². The summed E-state index contributed by atoms with van der Waals surface area (Å²) in [5, 5.41) is 16.4. The summed E-state index contributed by atoms with van der Waals surface area (Å²) < 4.78 is 51.8. The van der Waals surface area contributed by atoms with Crippen molar-refractivity contribution in [2.24, 2.45) is 17.8 Å². The summed E-state index contributed by atoms with van der Waals surface area (Å²) in [7, 11) is -0.949. The van der Waals surface area contributed by atoms with Crippen LogP contribution in [-0.2, 0) is 24.4 Å². The van der Waals surface area contributed by atoms with Gasteiger partial charge in [-0.2, -0.15) is 0 Å². The highest BCUT2D eigenvalue weighted by molar-refractivity contribution is 7.91. The van der Waals surface area contributed by atoms with Gasteiger partial charge in [0, 0.05) is 28.7 Å². The number of allylic oxidation sites excluding steroid dienone is 1. The molecule has 3 fully saturated rings. The van der Waals surface area contributed by atoms with Crippen molar-refractivity contribution in [1.29, 1.82) is 0 Å². The number of pyridine rings is 1. The zero-order chi connectivity index (χ0) is 44.7. The molecule has 3 heterocycles. The zero-order valence-corrected chi connectivity index (χ0v) is 37.0. The lowest BCUT2D eigenvalue weighted by Crippen LogP contribution is -2.59. The van der Waals surface area contributed by atoms with Crippen molar-refractivity contribution >= 4 is 44.6 Å². The van der Waals surface area contributed by atoms with Crippen molar-refractivity contribution in [3.8, 4) is 34.4 Å². The third-order valence-electron chi connectivity index (χ3n) is 12.6. The second kappa shape index (κ2) is 17.3. The molecule has 62 heavy (non-hydrogen) atoms. The van der Waals surface area contributed by atoms with Crippen molar-refractivity contribution in [2.75, 3.05) is 20.8 Å². The Kier molecular flexibility index (Phi) is 12.4. The van der Waals surface area contributed by atoms with E-state index in [9.17, 15) is 32.7 Å². The average molecular weight is 876 g/mol. The van der Waals surface area contributed by atoms with Crippen molar-refractivity contribution < 1.29 is 51.6 Å². The van der Waals surface area contributed by atoms with Gasteiger partial charge in [0.15, 0.2) is 5.75 Å². The highest BCUT2D eigenvalue weighted by Crippen LogP contribution is 2.48. The number of fused-ring (bicyclic) bond motifs is 3. The number of hydrogen-bond acceptors (Lipinski definition) is 11. The highest BCUT2D eigenvalue weighted by atomic mass is 32.2. The maximum absolute atomic E-state index is 14.7. The van der Waals surface area contributed by atoms with E-state index in [1.165, 1.54) is 4.90 Å². The normalized spacial score (nSPS) is 27.7. The number of rotatable bonds is 11. The molecule has 4 amide bonds. The van der Waals surface area contributed by atoms with E-state index >= 15 is 0 Å². The number of ether oxygens (including phenoxy) is 4. The molecule has 7 rings (SSSR count). The van der Waals surface area contributed by atoms with E-state index in [-0.39, 0.29) is 37.3 Å². The first kappa shape index (κ1) is 44.5. The lowest BCUT2D eigenvalue weighted by molar-refractivity contribution is -0.142. The summed E-state index contributed by atoms with van der Waals surface area (Å²) in [5.74, 6) is -1.15. The number of carboxylic acid groups (broad SMARTS) is 1. The van der Waals surface area contributed by atoms with E-state index in [2.05, 4.69) is 15.4 Å². The van der Waals surface area contributed by atoms with Crippen LogP contribution in [-0.4, -0.2) is 103 Å². The summed E-state index contributed by atoms with van der Waals surface area (Å²) in [5.41, 5.74) is -0.443. The number of aromatic nitrogens is 1. The first-order valence-corrected chi connectivity index (χ1v) is 22.7. The molecule has 0 radical (unpaired) electrons. The van der Waals surface area contributed by atoms with Gasteiger partial charge in [-0.25, -0.2) is 18.2 Å². The van der Waals surface area contributed by atoms with Crippen molar-refractivity contribution in [1.82, 2.24) is 25.2 Å². The third-order valence-corrected chi connectivity index (χ3v) is 14.8. The van der Waals surface area contributed by atoms with Crippen LogP contribution in [0.1, 0.15) is 79.6 Å². The molecule has 0 bridgehead atoms. The minimum atomic E-state index is -4.04. The van der Waals surface area contributed by atoms with Gasteiger partial charge in [0.25, 0.3) is 5.91 Å². The second-order valence-corrected chi connectivity index (χ2v) is 20.0. The van der Waals surface area contributed by atoms with Crippen LogP contribution in [0.3, 0.4) is 0 Å². The summed E-state index contributed by atoms with van der Waals surface area (Å²) in [6.45, 7) is 9.15. The van der Waals surface area contributed by atoms with Gasteiger partial charge in [0.05, 0.1) is 31.6 Å². The number of carbonyl (C=O) groups is 4. The molecule has 334 valence electrons. The quantitative estimate of drug-likeness (QED) is 0.174. The van der Waals surface area contributed by atoms with E-state index in [1.54, 1.807) is 39.3 Å². The van der Waals surface area contributed by atoms with Crippen molar-refractivity contribution in [3.63, 3.8) is 0 Å². The number of carbonyl (C=O) groups excluding carboxylic acids is 3. The molecule has 2 aromatic carbocycles. The Morgan fingerprint density at radius 1 is 1.00 bits per heavy atom. The molecule has 2 saturated carbocycles. The lowest BCUT2D eigenvalue weighted by Gasteiger charge is -2.32. The largest absolute Gasteiger partial charge is 0.497 e. The summed E-state index contributed by atoms with van der Waals surface area (Å²) in [4.78, 5) is 61.8. The van der Waals surface area contributed by atoms with Gasteiger partial charge in [-0.15, -0.1) is 0 Å². The van der Waals surface area contributed by atoms with Gasteiger partial charge in [-0.1, -0.05) is 26.0 Å². The molecule has 1 saturated heterocycles. The molecule has 17 heteroatoms. The smallest absolute Gasteiger partial charge is 0.405 e. The highest BCUT2D eigenvalue weighted by Gasteiger charge is 2.63. The predicted molar refractivity (Wildman–Crippen MR) is 231 cm³/mol. The standard InChI is InChI=1S/C45H57N5O11S/c1-25(2)60-30-14-12-28(13-15-30)37-38(59-7)34-21-31(58-6)16-17-33(34)40(46-37)61-32-22-35-39(51)48-45(42(53)49-62(56,57)44(5)18-19-44)23-29(45)11-9-8-10-26(3)20-27(4)36(47-43(54)55)41(52)50(35)24-32/h9,11-17,21,25-27,29,32,35-36,47H,8,10,18-20,22-24H2,1-7H3,(H,48,51)(H,49,53)(H,54,55)/b11-9-/t26-,27+,29+,32+,35-,36-,45+/m0/s1. The van der Waals surface area contributed by atoms with E-state index in [4.69, 9.17) is 23.9 Å². The third kappa shape index (κ3) is 8.99. The Balaban J connectivity index is 1.27. The Bertz CT molecular complexity index is 2370. The molecular formula is C45H57N5O11S. The Morgan fingerprint density at radius 2 is 1.71 bits per heavy atom. The minimum absolute atomic E-state index is 0.0319. The topological polar surface area (TPSA) is 212 Å².